The highest BCUT2D eigenvalue weighted by Gasteiger charge is 2.18. The molecule has 0 atom stereocenters. The molecule has 0 saturated heterocycles. The molecule has 2 aromatic carbocycles. The van der Waals surface area contributed by atoms with Gasteiger partial charge in [-0.25, -0.2) is 0 Å². The zero-order valence-electron chi connectivity index (χ0n) is 14.7. The lowest BCUT2D eigenvalue weighted by Crippen LogP contribution is -2.13. The first-order chi connectivity index (χ1) is 13.5. The summed E-state index contributed by atoms with van der Waals surface area (Å²) < 4.78 is 4.93. The minimum absolute atomic E-state index is 0.0693. The second kappa shape index (κ2) is 8.31. The fraction of sp³-hybridized carbons (Fsp3) is 0.0526. The Morgan fingerprint density at radius 1 is 1.00 bits per heavy atom. The number of carbonyl (C=O) groups excluding carboxylic acids is 2. The topological polar surface area (TPSA) is 111 Å². The van der Waals surface area contributed by atoms with Crippen molar-refractivity contribution in [3.63, 3.8) is 0 Å². The summed E-state index contributed by atoms with van der Waals surface area (Å²) in [5.74, 6) is -0.698. The number of hydrogen-bond acceptors (Lipinski definition) is 6. The van der Waals surface area contributed by atoms with Gasteiger partial charge in [0, 0.05) is 23.0 Å². The number of methoxy groups -OCH3 is 1. The minimum Gasteiger partial charge on any atom is -0.490 e. The number of anilines is 2. The molecule has 1 heterocycles. The molecule has 0 radical (unpaired) electrons. The lowest BCUT2D eigenvalue weighted by molar-refractivity contribution is -0.385. The van der Waals surface area contributed by atoms with Gasteiger partial charge in [0.2, 0.25) is 0 Å². The highest BCUT2D eigenvalue weighted by atomic mass is 32.1. The number of hydrogen-bond donors (Lipinski definition) is 2. The van der Waals surface area contributed by atoms with Crippen molar-refractivity contribution in [1.29, 1.82) is 0 Å². The van der Waals surface area contributed by atoms with Crippen LogP contribution in [0.15, 0.2) is 60.0 Å². The first kappa shape index (κ1) is 19.1. The lowest BCUT2D eigenvalue weighted by Gasteiger charge is -2.09. The Hall–Kier alpha value is -3.72. The third-order valence-corrected chi connectivity index (χ3v) is 4.63. The van der Waals surface area contributed by atoms with Crippen molar-refractivity contribution in [3.05, 3.63) is 80.5 Å². The highest BCUT2D eigenvalue weighted by molar-refractivity contribution is 7.12. The van der Waals surface area contributed by atoms with Crippen molar-refractivity contribution in [2.45, 2.75) is 0 Å². The minimum atomic E-state index is -0.615. The van der Waals surface area contributed by atoms with Gasteiger partial charge < -0.3 is 15.4 Å². The van der Waals surface area contributed by atoms with Crippen LogP contribution in [-0.4, -0.2) is 23.8 Å². The normalized spacial score (nSPS) is 10.2. The molecule has 142 valence electrons. The van der Waals surface area contributed by atoms with Gasteiger partial charge in [-0.1, -0.05) is 12.1 Å². The molecule has 0 unspecified atom stereocenters. The van der Waals surface area contributed by atoms with Crippen molar-refractivity contribution >= 4 is 40.2 Å². The first-order valence-electron chi connectivity index (χ1n) is 8.06. The number of ether oxygens (including phenoxy) is 1. The molecule has 3 aromatic rings. The number of thiophene rings is 1. The van der Waals surface area contributed by atoms with E-state index in [9.17, 15) is 19.7 Å². The Balaban J connectivity index is 1.75. The third-order valence-electron chi connectivity index (χ3n) is 3.76. The van der Waals surface area contributed by atoms with E-state index < -0.39 is 10.8 Å². The number of nitrogens with one attached hydrogen (secondary N) is 2. The van der Waals surface area contributed by atoms with Crippen molar-refractivity contribution in [2.24, 2.45) is 0 Å². The highest BCUT2D eigenvalue weighted by Crippen LogP contribution is 2.28. The van der Waals surface area contributed by atoms with Crippen molar-refractivity contribution < 1.29 is 19.2 Å². The van der Waals surface area contributed by atoms with Crippen LogP contribution in [0.25, 0.3) is 0 Å². The van der Waals surface area contributed by atoms with E-state index in [2.05, 4.69) is 10.6 Å². The predicted octanol–water partition coefficient (Wildman–Crippen LogP) is 4.17. The van der Waals surface area contributed by atoms with Crippen LogP contribution in [0, 0.1) is 10.1 Å². The average Bonchev–Trinajstić information content (AvgIpc) is 3.22. The van der Waals surface area contributed by atoms with E-state index in [1.54, 1.807) is 41.8 Å². The molecule has 0 bridgehead atoms. The summed E-state index contributed by atoms with van der Waals surface area (Å²) in [4.78, 5) is 35.6. The van der Waals surface area contributed by atoms with E-state index >= 15 is 0 Å². The van der Waals surface area contributed by atoms with Crippen LogP contribution in [0.5, 0.6) is 5.75 Å². The van der Waals surface area contributed by atoms with Crippen LogP contribution in [0.3, 0.4) is 0 Å². The van der Waals surface area contributed by atoms with Gasteiger partial charge in [-0.2, -0.15) is 0 Å². The predicted molar refractivity (Wildman–Crippen MR) is 106 cm³/mol. The summed E-state index contributed by atoms with van der Waals surface area (Å²) in [6.07, 6.45) is 0. The number of rotatable bonds is 6. The zero-order chi connectivity index (χ0) is 20.1. The fourth-order valence-corrected chi connectivity index (χ4v) is 3.07. The van der Waals surface area contributed by atoms with E-state index in [1.807, 2.05) is 0 Å². The summed E-state index contributed by atoms with van der Waals surface area (Å²) in [5.41, 5.74) is 0.761. The Morgan fingerprint density at radius 3 is 2.32 bits per heavy atom. The number of benzene rings is 2. The maximum atomic E-state index is 12.4. The maximum absolute atomic E-state index is 12.4. The zero-order valence-corrected chi connectivity index (χ0v) is 15.5. The number of amides is 2. The molecule has 0 aliphatic rings. The number of nitro benzene ring substituents is 1. The first-order valence-corrected chi connectivity index (χ1v) is 8.94. The number of nitrogens with zero attached hydrogens (tertiary/aromatic N) is 1. The molecule has 3 rings (SSSR count). The Kier molecular flexibility index (Phi) is 5.66. The maximum Gasteiger partial charge on any atom is 0.311 e. The van der Waals surface area contributed by atoms with Gasteiger partial charge in [0.15, 0.2) is 5.75 Å². The SMILES string of the molecule is COc1ccc(C(=O)Nc2cccc(NC(=O)c3cccs3)c2)cc1[N+](=O)[O-]. The molecule has 2 N–H and O–H groups in total. The van der Waals surface area contributed by atoms with Crippen LogP contribution in [0.2, 0.25) is 0 Å². The molecule has 0 aliphatic heterocycles. The van der Waals surface area contributed by atoms with Crippen LogP contribution in [-0.2, 0) is 0 Å². The largest absolute Gasteiger partial charge is 0.490 e. The Morgan fingerprint density at radius 2 is 1.71 bits per heavy atom. The third kappa shape index (κ3) is 4.33. The summed E-state index contributed by atoms with van der Waals surface area (Å²) in [6.45, 7) is 0. The van der Waals surface area contributed by atoms with Crippen molar-refractivity contribution in [3.8, 4) is 5.75 Å². The van der Waals surface area contributed by atoms with Crippen molar-refractivity contribution in [2.75, 3.05) is 17.7 Å². The monoisotopic (exact) mass is 397 g/mol. The fourth-order valence-electron chi connectivity index (χ4n) is 2.45. The van der Waals surface area contributed by atoms with Crippen LogP contribution < -0.4 is 15.4 Å². The van der Waals surface area contributed by atoms with Crippen LogP contribution in [0.1, 0.15) is 20.0 Å². The van der Waals surface area contributed by atoms with Gasteiger partial charge in [-0.15, -0.1) is 11.3 Å². The van der Waals surface area contributed by atoms with E-state index in [1.165, 1.54) is 30.6 Å². The quantitative estimate of drug-likeness (QED) is 0.479. The van der Waals surface area contributed by atoms with Crippen LogP contribution in [0.4, 0.5) is 17.1 Å². The molecule has 0 fully saturated rings. The molecule has 0 aliphatic carbocycles. The van der Waals surface area contributed by atoms with Gasteiger partial charge in [0.25, 0.3) is 11.8 Å². The van der Waals surface area contributed by atoms with E-state index in [4.69, 9.17) is 4.74 Å². The molecule has 28 heavy (non-hydrogen) atoms. The van der Waals surface area contributed by atoms with Gasteiger partial charge in [-0.3, -0.25) is 19.7 Å². The van der Waals surface area contributed by atoms with Crippen LogP contribution >= 0.6 is 11.3 Å². The molecule has 0 saturated carbocycles. The molecule has 8 nitrogen and oxygen atoms in total. The second-order valence-electron chi connectivity index (χ2n) is 5.61. The van der Waals surface area contributed by atoms with Gasteiger partial charge in [0.1, 0.15) is 0 Å². The molecular weight excluding hydrogens is 382 g/mol. The number of nitro groups is 1. The summed E-state index contributed by atoms with van der Waals surface area (Å²) >= 11 is 1.32. The van der Waals surface area contributed by atoms with Gasteiger partial charge >= 0.3 is 5.69 Å². The molecule has 2 amide bonds. The van der Waals surface area contributed by atoms with Gasteiger partial charge in [0.05, 0.1) is 16.9 Å². The Labute approximate surface area is 163 Å². The molecular formula is C19H15N3O5S. The lowest BCUT2D eigenvalue weighted by atomic mass is 10.1. The van der Waals surface area contributed by atoms with E-state index in [-0.39, 0.29) is 22.9 Å². The van der Waals surface area contributed by atoms with Crippen molar-refractivity contribution in [1.82, 2.24) is 0 Å². The van der Waals surface area contributed by atoms with Gasteiger partial charge in [-0.05, 0) is 41.8 Å². The summed E-state index contributed by atoms with van der Waals surface area (Å²) in [7, 11) is 1.32. The summed E-state index contributed by atoms with van der Waals surface area (Å²) in [6, 6.07) is 14.1. The van der Waals surface area contributed by atoms with E-state index in [0.29, 0.717) is 16.3 Å². The Bertz CT molecular complexity index is 1030. The molecule has 0 spiro atoms. The second-order valence-corrected chi connectivity index (χ2v) is 6.56. The molecule has 1 aromatic heterocycles. The van der Waals surface area contributed by atoms with E-state index in [0.717, 1.165) is 6.07 Å². The standard InChI is InChI=1S/C19H15N3O5S/c1-27-16-8-7-12(10-15(16)22(25)26)18(23)20-13-4-2-5-14(11-13)21-19(24)17-6-3-9-28-17/h2-11H,1H3,(H,20,23)(H,21,24). The number of carbonyl (C=O) groups is 2. The molecule has 9 heteroatoms. The smallest absolute Gasteiger partial charge is 0.311 e. The summed E-state index contributed by atoms with van der Waals surface area (Å²) in [5, 5.41) is 18.3. The average molecular weight is 397 g/mol.